The molecule has 4 aromatic rings. The highest BCUT2D eigenvalue weighted by molar-refractivity contribution is 7.80. The number of carbonyl (C=O) groups is 1. The van der Waals surface area contributed by atoms with E-state index in [1.807, 2.05) is 48.5 Å². The second-order valence-corrected chi connectivity index (χ2v) is 9.93. The Morgan fingerprint density at radius 3 is 2.53 bits per heavy atom. The van der Waals surface area contributed by atoms with Crippen LogP contribution in [0.2, 0.25) is 5.02 Å². The first-order chi connectivity index (χ1) is 18.4. The van der Waals surface area contributed by atoms with Crippen molar-refractivity contribution in [1.29, 1.82) is 0 Å². The highest BCUT2D eigenvalue weighted by Crippen LogP contribution is 2.44. The monoisotopic (exact) mass is 545 g/mol. The van der Waals surface area contributed by atoms with E-state index in [-0.39, 0.29) is 24.6 Å². The minimum absolute atomic E-state index is 0.0525. The van der Waals surface area contributed by atoms with Crippen molar-refractivity contribution in [2.75, 3.05) is 23.9 Å². The molecule has 194 valence electrons. The van der Waals surface area contributed by atoms with E-state index in [2.05, 4.69) is 57.1 Å². The lowest BCUT2D eigenvalue weighted by molar-refractivity contribution is -0.119. The molecular weight excluding hydrogens is 518 g/mol. The number of aromatic nitrogens is 2. The molecule has 9 heteroatoms. The molecule has 5 rings (SSSR count). The van der Waals surface area contributed by atoms with Gasteiger partial charge in [-0.2, -0.15) is 0 Å². The zero-order chi connectivity index (χ0) is 26.8. The number of anilines is 2. The van der Waals surface area contributed by atoms with E-state index in [0.717, 1.165) is 34.0 Å². The second kappa shape index (κ2) is 10.9. The number of pyridine rings is 1. The Morgan fingerprint density at radius 1 is 1.08 bits per heavy atom. The van der Waals surface area contributed by atoms with Crippen LogP contribution in [0, 0.1) is 13.8 Å². The number of rotatable bonds is 7. The Morgan fingerprint density at radius 2 is 1.84 bits per heavy atom. The van der Waals surface area contributed by atoms with Crippen molar-refractivity contribution < 1.29 is 9.53 Å². The second-order valence-electron chi connectivity index (χ2n) is 9.14. The third kappa shape index (κ3) is 4.90. The van der Waals surface area contributed by atoms with Gasteiger partial charge in [-0.25, -0.2) is 0 Å². The Kier molecular flexibility index (Phi) is 7.46. The summed E-state index contributed by atoms with van der Waals surface area (Å²) < 4.78 is 7.17. The number of nitrogens with one attached hydrogen (secondary N) is 2. The van der Waals surface area contributed by atoms with E-state index in [1.54, 1.807) is 12.3 Å². The Balaban J connectivity index is 1.60. The van der Waals surface area contributed by atoms with Gasteiger partial charge in [-0.1, -0.05) is 35.9 Å². The van der Waals surface area contributed by atoms with Crippen molar-refractivity contribution in [3.05, 3.63) is 107 Å². The van der Waals surface area contributed by atoms with Gasteiger partial charge in [-0.05, 0) is 80.2 Å². The number of methoxy groups -OCH3 is 1. The van der Waals surface area contributed by atoms with Crippen LogP contribution >= 0.6 is 23.8 Å². The third-order valence-corrected chi connectivity index (χ3v) is 7.31. The predicted molar refractivity (Wildman–Crippen MR) is 155 cm³/mol. The molecule has 0 bridgehead atoms. The van der Waals surface area contributed by atoms with Crippen LogP contribution < -0.4 is 15.5 Å². The van der Waals surface area contributed by atoms with Gasteiger partial charge >= 0.3 is 0 Å². The van der Waals surface area contributed by atoms with Gasteiger partial charge in [-0.3, -0.25) is 9.78 Å². The van der Waals surface area contributed by atoms with E-state index in [9.17, 15) is 4.79 Å². The van der Waals surface area contributed by atoms with Gasteiger partial charge in [0, 0.05) is 36.1 Å². The average Bonchev–Trinajstić information content (AvgIpc) is 3.41. The van der Waals surface area contributed by atoms with Crippen LogP contribution in [0.15, 0.2) is 79.0 Å². The molecule has 3 heterocycles. The summed E-state index contributed by atoms with van der Waals surface area (Å²) in [6.07, 6.45) is 1.79. The number of nitrogens with zero attached hydrogens (tertiary/aromatic N) is 3. The minimum Gasteiger partial charge on any atom is -0.375 e. The number of benzene rings is 2. The largest absolute Gasteiger partial charge is 0.375 e. The maximum absolute atomic E-state index is 12.0. The van der Waals surface area contributed by atoms with Crippen molar-refractivity contribution in [2.24, 2.45) is 0 Å². The van der Waals surface area contributed by atoms with Crippen molar-refractivity contribution in [2.45, 2.75) is 25.9 Å². The summed E-state index contributed by atoms with van der Waals surface area (Å²) in [5.74, 6) is -0.276. The lowest BCUT2D eigenvalue weighted by atomic mass is 9.96. The van der Waals surface area contributed by atoms with Gasteiger partial charge in [0.1, 0.15) is 6.61 Å². The fourth-order valence-electron chi connectivity index (χ4n) is 5.08. The molecule has 0 aliphatic carbocycles. The maximum atomic E-state index is 12.0. The standard InChI is InChI=1S/C29H28ClN5O2S/c1-18-15-22(19(2)34(18)20-9-5-4-6-10-20)28-27(25-11-7-8-14-31-25)33-29(38)35(28)21-12-13-24(23(30)16-21)32-26(36)17-37-3/h4-16,27-28H,17H2,1-3H3,(H,32,36)(H,33,38)/t27-,28-/m0/s1. The van der Waals surface area contributed by atoms with Gasteiger partial charge in [0.05, 0.1) is 28.5 Å². The molecule has 1 amide bonds. The van der Waals surface area contributed by atoms with Crippen molar-refractivity contribution >= 4 is 46.2 Å². The summed E-state index contributed by atoms with van der Waals surface area (Å²) in [7, 11) is 1.47. The van der Waals surface area contributed by atoms with Crippen LogP contribution in [-0.4, -0.2) is 34.3 Å². The van der Waals surface area contributed by atoms with Gasteiger partial charge in [0.15, 0.2) is 5.11 Å². The molecule has 0 radical (unpaired) electrons. The van der Waals surface area contributed by atoms with Crippen LogP contribution in [0.5, 0.6) is 0 Å². The lowest BCUT2D eigenvalue weighted by Gasteiger charge is -2.28. The molecule has 2 aromatic heterocycles. The molecule has 0 unspecified atom stereocenters. The fourth-order valence-corrected chi connectivity index (χ4v) is 5.65. The van der Waals surface area contributed by atoms with Gasteiger partial charge in [0.25, 0.3) is 0 Å². The number of carbonyl (C=O) groups excluding carboxylic acids is 1. The van der Waals surface area contributed by atoms with Gasteiger partial charge in [-0.15, -0.1) is 0 Å². The molecule has 1 aliphatic rings. The number of hydrogen-bond acceptors (Lipinski definition) is 4. The predicted octanol–water partition coefficient (Wildman–Crippen LogP) is 5.90. The molecule has 38 heavy (non-hydrogen) atoms. The van der Waals surface area contributed by atoms with Crippen molar-refractivity contribution in [3.8, 4) is 5.69 Å². The van der Waals surface area contributed by atoms with E-state index < -0.39 is 0 Å². The van der Waals surface area contributed by atoms with Crippen molar-refractivity contribution in [1.82, 2.24) is 14.9 Å². The molecule has 2 N–H and O–H groups in total. The molecule has 1 fully saturated rings. The van der Waals surface area contributed by atoms with Crippen LogP contribution in [0.1, 0.15) is 34.7 Å². The minimum atomic E-state index is -0.276. The maximum Gasteiger partial charge on any atom is 0.250 e. The highest BCUT2D eigenvalue weighted by Gasteiger charge is 2.42. The summed E-state index contributed by atoms with van der Waals surface area (Å²) in [6, 6.07) is 23.5. The number of para-hydroxylation sites is 1. The lowest BCUT2D eigenvalue weighted by Crippen LogP contribution is -2.29. The molecule has 1 saturated heterocycles. The topological polar surface area (TPSA) is 71.4 Å². The fraction of sp³-hybridized carbons (Fsp3) is 0.207. The number of aryl methyl sites for hydroxylation is 1. The Bertz CT molecular complexity index is 1480. The van der Waals surface area contributed by atoms with Gasteiger partial charge < -0.3 is 24.8 Å². The quantitative estimate of drug-likeness (QED) is 0.282. The number of ether oxygens (including phenoxy) is 1. The first-order valence-electron chi connectivity index (χ1n) is 12.2. The van der Waals surface area contributed by atoms with Gasteiger partial charge in [0.2, 0.25) is 5.91 Å². The smallest absolute Gasteiger partial charge is 0.250 e. The van der Waals surface area contributed by atoms with E-state index in [0.29, 0.717) is 15.8 Å². The van der Waals surface area contributed by atoms with Crippen LogP contribution in [0.25, 0.3) is 5.69 Å². The molecule has 7 nitrogen and oxygen atoms in total. The summed E-state index contributed by atoms with van der Waals surface area (Å²) in [6.45, 7) is 4.19. The number of halogens is 1. The zero-order valence-electron chi connectivity index (χ0n) is 21.3. The summed E-state index contributed by atoms with van der Waals surface area (Å²) in [4.78, 5) is 18.8. The zero-order valence-corrected chi connectivity index (χ0v) is 22.9. The molecular formula is C29H28ClN5O2S. The van der Waals surface area contributed by atoms with E-state index in [4.69, 9.17) is 28.6 Å². The Labute approximate surface area is 232 Å². The Hall–Kier alpha value is -3.72. The summed E-state index contributed by atoms with van der Waals surface area (Å²) >= 11 is 12.5. The van der Waals surface area contributed by atoms with E-state index in [1.165, 1.54) is 7.11 Å². The van der Waals surface area contributed by atoms with E-state index >= 15 is 0 Å². The number of hydrogen-bond donors (Lipinski definition) is 2. The third-order valence-electron chi connectivity index (χ3n) is 6.68. The number of amides is 1. The summed E-state index contributed by atoms with van der Waals surface area (Å²) in [5, 5.41) is 7.26. The molecule has 2 atom stereocenters. The highest BCUT2D eigenvalue weighted by atomic mass is 35.5. The molecule has 2 aromatic carbocycles. The summed E-state index contributed by atoms with van der Waals surface area (Å²) in [5.41, 5.74) is 6.67. The molecule has 0 spiro atoms. The SMILES string of the molecule is COCC(=O)Nc1ccc(N2C(=S)N[C@@H](c3ccccn3)[C@@H]2c2cc(C)n(-c3ccccc3)c2C)cc1Cl. The van der Waals surface area contributed by atoms with Crippen molar-refractivity contribution in [3.63, 3.8) is 0 Å². The van der Waals surface area contributed by atoms with Crippen LogP contribution in [-0.2, 0) is 9.53 Å². The average molecular weight is 546 g/mol. The van der Waals surface area contributed by atoms with Crippen LogP contribution in [0.3, 0.4) is 0 Å². The molecule has 0 saturated carbocycles. The first kappa shape index (κ1) is 25.9. The number of thiocarbonyl (C=S) groups is 1. The normalized spacial score (nSPS) is 16.9. The van der Waals surface area contributed by atoms with Crippen LogP contribution in [0.4, 0.5) is 11.4 Å². The molecule has 1 aliphatic heterocycles. The first-order valence-corrected chi connectivity index (χ1v) is 13.0.